The van der Waals surface area contributed by atoms with Gasteiger partial charge < -0.3 is 10.6 Å². The maximum Gasteiger partial charge on any atom is 0.231 e. The van der Waals surface area contributed by atoms with E-state index in [0.717, 1.165) is 22.5 Å². The van der Waals surface area contributed by atoms with Gasteiger partial charge in [-0.1, -0.05) is 37.0 Å². The molecule has 0 amide bonds. The minimum Gasteiger partial charge on any atom is -0.367 e. The van der Waals surface area contributed by atoms with Crippen LogP contribution in [0.5, 0.6) is 0 Å². The van der Waals surface area contributed by atoms with Crippen LogP contribution in [0.3, 0.4) is 0 Å². The molecule has 6 heteroatoms. The van der Waals surface area contributed by atoms with Crippen molar-refractivity contribution in [2.75, 3.05) is 10.6 Å². The van der Waals surface area contributed by atoms with Gasteiger partial charge in [0.25, 0.3) is 0 Å². The second-order valence-corrected chi connectivity index (χ2v) is 6.87. The summed E-state index contributed by atoms with van der Waals surface area (Å²) in [5, 5.41) is 12.3. The summed E-state index contributed by atoms with van der Waals surface area (Å²) in [5.74, 6) is 1.47. The molecule has 1 aliphatic rings. The highest BCUT2D eigenvalue weighted by Crippen LogP contribution is 2.27. The third-order valence-electron chi connectivity index (χ3n) is 4.85. The molecule has 0 unspecified atom stereocenters. The Morgan fingerprint density at radius 3 is 2.56 bits per heavy atom. The molecule has 0 saturated heterocycles. The lowest BCUT2D eigenvalue weighted by molar-refractivity contribution is 0.462. The zero-order valence-corrected chi connectivity index (χ0v) is 14.8. The highest BCUT2D eigenvalue weighted by molar-refractivity contribution is 5.87. The fourth-order valence-corrected chi connectivity index (χ4v) is 3.39. The van der Waals surface area contributed by atoms with Gasteiger partial charge in [-0.15, -0.1) is 0 Å². The smallest absolute Gasteiger partial charge is 0.231 e. The van der Waals surface area contributed by atoms with E-state index in [4.69, 9.17) is 4.98 Å². The number of hydrogen-bond donors (Lipinski definition) is 2. The molecule has 3 aromatic rings. The van der Waals surface area contributed by atoms with Crippen molar-refractivity contribution in [3.8, 4) is 0 Å². The summed E-state index contributed by atoms with van der Waals surface area (Å²) in [6, 6.07) is 8.72. The summed E-state index contributed by atoms with van der Waals surface area (Å²) in [4.78, 5) is 9.38. The first-order chi connectivity index (χ1) is 12.2. The maximum absolute atomic E-state index is 4.74. The number of aromatic nitrogens is 4. The van der Waals surface area contributed by atoms with Crippen LogP contribution in [-0.4, -0.2) is 25.8 Å². The van der Waals surface area contributed by atoms with Gasteiger partial charge in [0.05, 0.1) is 11.6 Å². The number of fused-ring (bicyclic) bond motifs is 1. The predicted octanol–water partition coefficient (Wildman–Crippen LogP) is 4.16. The Hall–Kier alpha value is -2.63. The third-order valence-corrected chi connectivity index (χ3v) is 4.85. The number of aryl methyl sites for hydroxylation is 2. The van der Waals surface area contributed by atoms with Gasteiger partial charge in [-0.2, -0.15) is 15.1 Å². The molecule has 1 aromatic carbocycles. The SMILES string of the molecule is Cc1ccc(Nc2nc(NC3CCCCC3)c3cnn(C)c3n2)cc1. The van der Waals surface area contributed by atoms with E-state index in [0.29, 0.717) is 12.0 Å². The molecule has 2 N–H and O–H groups in total. The van der Waals surface area contributed by atoms with E-state index in [9.17, 15) is 0 Å². The monoisotopic (exact) mass is 336 g/mol. The topological polar surface area (TPSA) is 67.7 Å². The molecule has 0 spiro atoms. The maximum atomic E-state index is 4.74. The average Bonchev–Trinajstić information content (AvgIpc) is 2.99. The zero-order valence-electron chi connectivity index (χ0n) is 14.8. The van der Waals surface area contributed by atoms with E-state index in [1.165, 1.54) is 37.7 Å². The minimum atomic E-state index is 0.485. The van der Waals surface area contributed by atoms with Gasteiger partial charge in [0.1, 0.15) is 5.82 Å². The van der Waals surface area contributed by atoms with E-state index >= 15 is 0 Å². The molecule has 6 nitrogen and oxygen atoms in total. The molecule has 25 heavy (non-hydrogen) atoms. The molecule has 0 bridgehead atoms. The van der Waals surface area contributed by atoms with Gasteiger partial charge in [-0.05, 0) is 31.9 Å². The molecule has 2 heterocycles. The summed E-state index contributed by atoms with van der Waals surface area (Å²) in [6.45, 7) is 2.08. The molecular formula is C19H24N6. The summed E-state index contributed by atoms with van der Waals surface area (Å²) in [6.07, 6.45) is 8.15. The molecule has 0 aliphatic heterocycles. The Morgan fingerprint density at radius 2 is 1.80 bits per heavy atom. The van der Waals surface area contributed by atoms with Gasteiger partial charge in [-0.25, -0.2) is 0 Å². The lowest BCUT2D eigenvalue weighted by Crippen LogP contribution is -2.23. The normalized spacial score (nSPS) is 15.4. The number of benzene rings is 1. The molecule has 4 rings (SSSR count). The van der Waals surface area contributed by atoms with Crippen LogP contribution in [0.15, 0.2) is 30.5 Å². The second kappa shape index (κ2) is 6.70. The molecule has 1 saturated carbocycles. The second-order valence-electron chi connectivity index (χ2n) is 6.87. The van der Waals surface area contributed by atoms with Crippen molar-refractivity contribution in [1.82, 2.24) is 19.7 Å². The van der Waals surface area contributed by atoms with Crippen molar-refractivity contribution in [2.24, 2.45) is 7.05 Å². The minimum absolute atomic E-state index is 0.485. The average molecular weight is 336 g/mol. The van der Waals surface area contributed by atoms with Crippen LogP contribution < -0.4 is 10.6 Å². The molecule has 0 atom stereocenters. The van der Waals surface area contributed by atoms with Crippen molar-refractivity contribution in [2.45, 2.75) is 45.1 Å². The van der Waals surface area contributed by atoms with Gasteiger partial charge in [0.15, 0.2) is 5.65 Å². The summed E-state index contributed by atoms with van der Waals surface area (Å²) >= 11 is 0. The van der Waals surface area contributed by atoms with Gasteiger partial charge in [0.2, 0.25) is 5.95 Å². The van der Waals surface area contributed by atoms with E-state index < -0.39 is 0 Å². The Kier molecular flexibility index (Phi) is 4.26. The van der Waals surface area contributed by atoms with Crippen LogP contribution >= 0.6 is 0 Å². The third kappa shape index (κ3) is 3.43. The number of hydrogen-bond acceptors (Lipinski definition) is 5. The van der Waals surface area contributed by atoms with Gasteiger partial charge in [-0.3, -0.25) is 4.68 Å². The Balaban J connectivity index is 1.66. The first-order valence-corrected chi connectivity index (χ1v) is 8.99. The molecule has 1 aliphatic carbocycles. The predicted molar refractivity (Wildman–Crippen MR) is 101 cm³/mol. The van der Waals surface area contributed by atoms with Crippen LogP contribution in [0.2, 0.25) is 0 Å². The van der Waals surface area contributed by atoms with Crippen molar-refractivity contribution in [3.05, 3.63) is 36.0 Å². The standard InChI is InChI=1S/C19H24N6/c1-13-8-10-15(11-9-13)22-19-23-17(21-14-6-4-3-5-7-14)16-12-20-25(2)18(16)24-19/h8-12,14H,3-7H2,1-2H3,(H2,21,22,23,24). The van der Waals surface area contributed by atoms with Crippen LogP contribution in [0.4, 0.5) is 17.5 Å². The Morgan fingerprint density at radius 1 is 1.04 bits per heavy atom. The van der Waals surface area contributed by atoms with E-state index in [2.05, 4.69) is 39.8 Å². The lowest BCUT2D eigenvalue weighted by Gasteiger charge is -2.23. The van der Waals surface area contributed by atoms with Crippen molar-refractivity contribution in [3.63, 3.8) is 0 Å². The molecule has 2 aromatic heterocycles. The van der Waals surface area contributed by atoms with Crippen LogP contribution in [-0.2, 0) is 7.05 Å². The molecule has 130 valence electrons. The molecule has 1 fully saturated rings. The largest absolute Gasteiger partial charge is 0.367 e. The number of rotatable bonds is 4. The first-order valence-electron chi connectivity index (χ1n) is 8.99. The first kappa shape index (κ1) is 15.9. The summed E-state index contributed by atoms with van der Waals surface area (Å²) in [5.41, 5.74) is 3.05. The number of anilines is 3. The van der Waals surface area contributed by atoms with E-state index in [1.807, 2.05) is 25.4 Å². The highest BCUT2D eigenvalue weighted by atomic mass is 15.3. The van der Waals surface area contributed by atoms with E-state index in [-0.39, 0.29) is 0 Å². The number of nitrogens with zero attached hydrogens (tertiary/aromatic N) is 4. The van der Waals surface area contributed by atoms with Gasteiger partial charge in [0, 0.05) is 18.8 Å². The van der Waals surface area contributed by atoms with Gasteiger partial charge >= 0.3 is 0 Å². The molecular weight excluding hydrogens is 312 g/mol. The Bertz CT molecular complexity index is 862. The highest BCUT2D eigenvalue weighted by Gasteiger charge is 2.17. The van der Waals surface area contributed by atoms with Crippen molar-refractivity contribution >= 4 is 28.5 Å². The van der Waals surface area contributed by atoms with Crippen LogP contribution in [0, 0.1) is 6.92 Å². The summed E-state index contributed by atoms with van der Waals surface area (Å²) in [7, 11) is 1.91. The van der Waals surface area contributed by atoms with Crippen LogP contribution in [0.1, 0.15) is 37.7 Å². The van der Waals surface area contributed by atoms with Crippen molar-refractivity contribution < 1.29 is 0 Å². The summed E-state index contributed by atoms with van der Waals surface area (Å²) < 4.78 is 1.80. The fourth-order valence-electron chi connectivity index (χ4n) is 3.39. The lowest BCUT2D eigenvalue weighted by atomic mass is 9.95. The van der Waals surface area contributed by atoms with Crippen LogP contribution in [0.25, 0.3) is 11.0 Å². The quantitative estimate of drug-likeness (QED) is 0.749. The fraction of sp³-hybridized carbons (Fsp3) is 0.421. The zero-order chi connectivity index (χ0) is 17.2. The number of nitrogens with one attached hydrogen (secondary N) is 2. The molecule has 0 radical (unpaired) electrons. The Labute approximate surface area is 147 Å². The van der Waals surface area contributed by atoms with Crippen molar-refractivity contribution in [1.29, 1.82) is 0 Å². The van der Waals surface area contributed by atoms with E-state index in [1.54, 1.807) is 4.68 Å².